The lowest BCUT2D eigenvalue weighted by atomic mass is 10.0. The Morgan fingerprint density at radius 2 is 1.22 bits per heavy atom. The molecule has 0 aliphatic heterocycles. The van der Waals surface area contributed by atoms with Gasteiger partial charge >= 0.3 is 0 Å². The summed E-state index contributed by atoms with van der Waals surface area (Å²) < 4.78 is 9.06. The van der Waals surface area contributed by atoms with Crippen LogP contribution in [0.15, 0.2) is 119 Å². The predicted octanol–water partition coefficient (Wildman–Crippen LogP) is 9.40. The minimum absolute atomic E-state index is 0.932. The van der Waals surface area contributed by atoms with E-state index >= 15 is 0 Å². The summed E-state index contributed by atoms with van der Waals surface area (Å²) in [6, 6.07) is 39.2. The van der Waals surface area contributed by atoms with E-state index in [1.165, 1.54) is 43.2 Å². The van der Waals surface area contributed by atoms with Crippen molar-refractivity contribution in [3.63, 3.8) is 0 Å². The van der Waals surface area contributed by atoms with Gasteiger partial charge < -0.3 is 8.98 Å². The highest BCUT2D eigenvalue weighted by molar-refractivity contribution is 8.32. The quantitative estimate of drug-likeness (QED) is 0.244. The van der Waals surface area contributed by atoms with Crippen LogP contribution in [-0.4, -0.2) is 23.3 Å². The first-order valence-electron chi connectivity index (χ1n) is 12.2. The molecule has 0 radical (unpaired) electrons. The van der Waals surface area contributed by atoms with E-state index in [1.807, 2.05) is 0 Å². The SMILES string of the molecule is CS(C)(C)c1cccc2c1oc1c(-c3ccc4c5ccccc5n(-c5ccccc5)c4c3)cccc12. The first kappa shape index (κ1) is 21.3. The average molecular weight is 486 g/mol. The molecule has 36 heavy (non-hydrogen) atoms. The molecule has 7 rings (SSSR count). The molecule has 0 fully saturated rings. The lowest BCUT2D eigenvalue weighted by molar-refractivity contribution is 0.661. The Hall–Kier alpha value is -3.95. The number of rotatable bonds is 3. The summed E-state index contributed by atoms with van der Waals surface area (Å²) in [7, 11) is -0.932. The molecule has 2 nitrogen and oxygen atoms in total. The molecule has 0 N–H and O–H groups in total. The van der Waals surface area contributed by atoms with Crippen LogP contribution in [0.3, 0.4) is 0 Å². The van der Waals surface area contributed by atoms with Crippen molar-refractivity contribution in [2.75, 3.05) is 18.8 Å². The smallest absolute Gasteiger partial charge is 0.147 e. The van der Waals surface area contributed by atoms with Crippen LogP contribution in [0.1, 0.15) is 0 Å². The molecule has 0 saturated carbocycles. The molecule has 0 spiro atoms. The van der Waals surface area contributed by atoms with Gasteiger partial charge in [-0.05, 0) is 54.7 Å². The van der Waals surface area contributed by atoms with Crippen LogP contribution in [0.25, 0.3) is 60.6 Å². The molecule has 0 amide bonds. The summed E-state index contributed by atoms with van der Waals surface area (Å²) in [4.78, 5) is 1.32. The maximum absolute atomic E-state index is 6.70. The van der Waals surface area contributed by atoms with Gasteiger partial charge in [-0.1, -0.05) is 78.9 Å². The van der Waals surface area contributed by atoms with Gasteiger partial charge in [0.1, 0.15) is 11.2 Å². The van der Waals surface area contributed by atoms with E-state index in [9.17, 15) is 0 Å². The fourth-order valence-electron chi connectivity index (χ4n) is 5.50. The summed E-state index contributed by atoms with van der Waals surface area (Å²) in [5.41, 5.74) is 7.87. The fraction of sp³-hybridized carbons (Fsp3) is 0.0909. The highest BCUT2D eigenvalue weighted by atomic mass is 32.3. The minimum Gasteiger partial charge on any atom is -0.454 e. The molecule has 0 bridgehead atoms. The van der Waals surface area contributed by atoms with Gasteiger partial charge in [0, 0.05) is 37.7 Å². The molecule has 0 atom stereocenters. The van der Waals surface area contributed by atoms with E-state index in [0.717, 1.165) is 22.3 Å². The van der Waals surface area contributed by atoms with E-state index in [4.69, 9.17) is 4.42 Å². The molecular weight excluding hydrogens is 458 g/mol. The first-order valence-corrected chi connectivity index (χ1v) is 15.1. The Labute approximate surface area is 212 Å². The molecule has 3 heteroatoms. The highest BCUT2D eigenvalue weighted by Crippen LogP contribution is 2.50. The summed E-state index contributed by atoms with van der Waals surface area (Å²) in [5, 5.41) is 4.90. The van der Waals surface area contributed by atoms with Crippen LogP contribution < -0.4 is 0 Å². The van der Waals surface area contributed by atoms with Crippen LogP contribution in [0.5, 0.6) is 0 Å². The Bertz CT molecular complexity index is 1920. The number of fused-ring (bicyclic) bond motifs is 6. The minimum atomic E-state index is -0.932. The Morgan fingerprint density at radius 3 is 2.03 bits per heavy atom. The third-order valence-corrected chi connectivity index (χ3v) is 8.79. The summed E-state index contributed by atoms with van der Waals surface area (Å²) >= 11 is 0. The molecule has 0 saturated heterocycles. The lowest BCUT2D eigenvalue weighted by Crippen LogP contribution is -1.93. The number of hydrogen-bond donors (Lipinski definition) is 0. The molecule has 5 aromatic carbocycles. The van der Waals surface area contributed by atoms with Crippen molar-refractivity contribution in [2.24, 2.45) is 0 Å². The number of para-hydroxylation sites is 4. The van der Waals surface area contributed by atoms with Crippen molar-refractivity contribution in [2.45, 2.75) is 4.90 Å². The topological polar surface area (TPSA) is 18.1 Å². The van der Waals surface area contributed by atoms with Gasteiger partial charge in [0.15, 0.2) is 0 Å². The van der Waals surface area contributed by atoms with Crippen molar-refractivity contribution in [1.82, 2.24) is 4.57 Å². The average Bonchev–Trinajstić information content (AvgIpc) is 3.44. The normalized spacial score (nSPS) is 12.8. The van der Waals surface area contributed by atoms with Crippen LogP contribution >= 0.6 is 10.0 Å². The van der Waals surface area contributed by atoms with Gasteiger partial charge in [0.05, 0.1) is 11.0 Å². The van der Waals surface area contributed by atoms with Crippen LogP contribution in [-0.2, 0) is 0 Å². The van der Waals surface area contributed by atoms with Crippen molar-refractivity contribution in [3.05, 3.63) is 109 Å². The first-order chi connectivity index (χ1) is 17.5. The zero-order chi connectivity index (χ0) is 24.4. The van der Waals surface area contributed by atoms with Crippen molar-refractivity contribution < 1.29 is 4.42 Å². The second kappa shape index (κ2) is 7.78. The highest BCUT2D eigenvalue weighted by Gasteiger charge is 2.20. The Balaban J connectivity index is 1.53. The zero-order valence-electron chi connectivity index (χ0n) is 20.7. The third-order valence-electron chi connectivity index (χ3n) is 7.15. The molecule has 0 aliphatic carbocycles. The second-order valence-corrected chi connectivity index (χ2v) is 14.3. The monoisotopic (exact) mass is 485 g/mol. The summed E-state index contributed by atoms with van der Waals surface area (Å²) in [5.74, 6) is 0. The van der Waals surface area contributed by atoms with E-state index < -0.39 is 10.0 Å². The van der Waals surface area contributed by atoms with Gasteiger partial charge in [-0.3, -0.25) is 0 Å². The number of aromatic nitrogens is 1. The van der Waals surface area contributed by atoms with Gasteiger partial charge in [-0.2, -0.15) is 0 Å². The van der Waals surface area contributed by atoms with Gasteiger partial charge in [0.2, 0.25) is 0 Å². The van der Waals surface area contributed by atoms with Crippen molar-refractivity contribution in [3.8, 4) is 16.8 Å². The zero-order valence-corrected chi connectivity index (χ0v) is 21.5. The third kappa shape index (κ3) is 3.13. The van der Waals surface area contributed by atoms with Crippen LogP contribution in [0.4, 0.5) is 0 Å². The molecule has 0 unspecified atom stereocenters. The van der Waals surface area contributed by atoms with E-state index in [0.29, 0.717) is 0 Å². The number of benzene rings is 5. The van der Waals surface area contributed by atoms with Crippen LogP contribution in [0, 0.1) is 0 Å². The molecule has 7 aromatic rings. The standard InChI is InChI=1S/C33H27NOS/c1-36(2,3)31-18-10-16-28-27-15-9-14-24(32(27)35-33(28)31)22-19-20-26-25-13-7-8-17-29(25)34(30(26)21-22)23-11-5-4-6-12-23/h4-21H,1-3H3. The van der Waals surface area contributed by atoms with E-state index in [-0.39, 0.29) is 0 Å². The summed E-state index contributed by atoms with van der Waals surface area (Å²) in [6.45, 7) is 0. The molecule has 0 aliphatic rings. The Kier molecular flexibility index (Phi) is 4.61. The predicted molar refractivity (Wildman–Crippen MR) is 157 cm³/mol. The second-order valence-electron chi connectivity index (χ2n) is 10.2. The maximum atomic E-state index is 6.70. The number of furan rings is 1. The molecular formula is C33H27NOS. The largest absolute Gasteiger partial charge is 0.454 e. The molecule has 2 heterocycles. The van der Waals surface area contributed by atoms with Crippen molar-refractivity contribution in [1.29, 1.82) is 0 Å². The lowest BCUT2D eigenvalue weighted by Gasteiger charge is -2.25. The van der Waals surface area contributed by atoms with Crippen LogP contribution in [0.2, 0.25) is 0 Å². The van der Waals surface area contributed by atoms with E-state index in [1.54, 1.807) is 0 Å². The van der Waals surface area contributed by atoms with Gasteiger partial charge in [0.25, 0.3) is 0 Å². The van der Waals surface area contributed by atoms with Gasteiger partial charge in [-0.15, -0.1) is 0 Å². The molecule has 2 aromatic heterocycles. The maximum Gasteiger partial charge on any atom is 0.147 e. The fourth-order valence-corrected chi connectivity index (χ4v) is 6.69. The van der Waals surface area contributed by atoms with E-state index in [2.05, 4.69) is 133 Å². The molecule has 176 valence electrons. The number of hydrogen-bond acceptors (Lipinski definition) is 1. The van der Waals surface area contributed by atoms with Gasteiger partial charge in [-0.25, -0.2) is 10.0 Å². The number of nitrogens with zero attached hydrogens (tertiary/aromatic N) is 1. The summed E-state index contributed by atoms with van der Waals surface area (Å²) in [6.07, 6.45) is 6.98. The Morgan fingerprint density at radius 1 is 0.556 bits per heavy atom. The van der Waals surface area contributed by atoms with Crippen molar-refractivity contribution >= 4 is 53.8 Å².